The third kappa shape index (κ3) is 9.11. The summed E-state index contributed by atoms with van der Waals surface area (Å²) in [6.07, 6.45) is 0.233. The van der Waals surface area contributed by atoms with Gasteiger partial charge in [0.25, 0.3) is 0 Å². The summed E-state index contributed by atoms with van der Waals surface area (Å²) in [4.78, 5) is 0. The molecule has 170 valence electrons. The number of benzene rings is 3. The maximum atomic E-state index is 10.0. The minimum absolute atomic E-state index is 0. The summed E-state index contributed by atoms with van der Waals surface area (Å²) in [6, 6.07) is 24.3. The number of aliphatic hydroxyl groups is 1. The highest BCUT2D eigenvalue weighted by Gasteiger charge is 2.05. The first kappa shape index (κ1) is 25.4. The van der Waals surface area contributed by atoms with E-state index in [1.165, 1.54) is 5.56 Å². The number of rotatable bonds is 10. The van der Waals surface area contributed by atoms with Crippen LogP contribution in [0.4, 0.5) is 11.4 Å². The number of ether oxygens (including phenoxy) is 1. The maximum absolute atomic E-state index is 10.0. The minimum atomic E-state index is -0.612. The zero-order chi connectivity index (χ0) is 21.9. The fourth-order valence-electron chi connectivity index (χ4n) is 2.86. The van der Waals surface area contributed by atoms with Gasteiger partial charge in [-0.1, -0.05) is 30.3 Å². The van der Waals surface area contributed by atoms with Crippen molar-refractivity contribution < 1.29 is 14.9 Å². The number of anilines is 2. The molecule has 0 radical (unpaired) electrons. The van der Waals surface area contributed by atoms with Crippen molar-refractivity contribution in [2.24, 2.45) is 0 Å². The monoisotopic (exact) mass is 473 g/mol. The number of nitrogens with one attached hydrogen (secondary N) is 3. The van der Waals surface area contributed by atoms with Crippen LogP contribution in [-0.2, 0) is 6.42 Å². The van der Waals surface area contributed by atoms with Gasteiger partial charge in [0.2, 0.25) is 0 Å². The summed E-state index contributed by atoms with van der Waals surface area (Å²) >= 11 is 5.34. The molecule has 5 N–H and O–H groups in total. The molecule has 8 heteroatoms. The Kier molecular flexibility index (Phi) is 10.8. The highest BCUT2D eigenvalue weighted by molar-refractivity contribution is 7.80. The molecule has 3 rings (SSSR count). The van der Waals surface area contributed by atoms with Gasteiger partial charge in [-0.05, 0) is 79.3 Å². The molecule has 6 nitrogen and oxygen atoms in total. The average Bonchev–Trinajstić information content (AvgIpc) is 2.78. The molecule has 0 aliphatic heterocycles. The molecule has 0 heterocycles. The van der Waals surface area contributed by atoms with E-state index < -0.39 is 6.10 Å². The Bertz CT molecular complexity index is 941. The van der Waals surface area contributed by atoms with Gasteiger partial charge in [0.1, 0.15) is 24.2 Å². The number of hydrogen-bond acceptors (Lipinski definition) is 5. The Morgan fingerprint density at radius 3 is 2.16 bits per heavy atom. The average molecular weight is 474 g/mol. The van der Waals surface area contributed by atoms with Crippen LogP contribution in [0, 0.1) is 0 Å². The summed E-state index contributed by atoms with van der Waals surface area (Å²) < 4.78 is 5.50. The van der Waals surface area contributed by atoms with Crippen LogP contribution in [0.1, 0.15) is 5.56 Å². The highest BCUT2D eigenvalue weighted by Crippen LogP contribution is 2.16. The Hall–Kier alpha value is -2.84. The van der Waals surface area contributed by atoms with Crippen molar-refractivity contribution in [3.05, 3.63) is 84.4 Å². The fourth-order valence-corrected chi connectivity index (χ4v) is 3.10. The lowest BCUT2D eigenvalue weighted by molar-refractivity contribution is 0.106. The summed E-state index contributed by atoms with van der Waals surface area (Å²) in [6.45, 7) is 1.38. The van der Waals surface area contributed by atoms with E-state index in [-0.39, 0.29) is 24.8 Å². The predicted molar refractivity (Wildman–Crippen MR) is 136 cm³/mol. The minimum Gasteiger partial charge on any atom is -0.508 e. The van der Waals surface area contributed by atoms with Crippen LogP contribution >= 0.6 is 24.6 Å². The van der Waals surface area contributed by atoms with Crippen LogP contribution < -0.4 is 20.7 Å². The van der Waals surface area contributed by atoms with Crippen molar-refractivity contribution in [2.45, 2.75) is 12.5 Å². The second-order valence-corrected chi connectivity index (χ2v) is 7.46. The van der Waals surface area contributed by atoms with Crippen LogP contribution in [0.5, 0.6) is 11.5 Å². The zero-order valence-electron chi connectivity index (χ0n) is 17.5. The lowest BCUT2D eigenvalue weighted by atomic mass is 10.1. The van der Waals surface area contributed by atoms with Crippen LogP contribution in [0.2, 0.25) is 0 Å². The van der Waals surface area contributed by atoms with E-state index in [9.17, 15) is 10.2 Å². The summed E-state index contributed by atoms with van der Waals surface area (Å²) in [5, 5.41) is 29.4. The van der Waals surface area contributed by atoms with Crippen molar-refractivity contribution >= 4 is 41.1 Å². The van der Waals surface area contributed by atoms with Crippen molar-refractivity contribution in [1.29, 1.82) is 0 Å². The summed E-state index contributed by atoms with van der Waals surface area (Å²) in [5.74, 6) is 0.800. The van der Waals surface area contributed by atoms with Gasteiger partial charge in [-0.2, -0.15) is 0 Å². The Labute approximate surface area is 200 Å². The van der Waals surface area contributed by atoms with Crippen molar-refractivity contribution in [3.63, 3.8) is 0 Å². The molecular formula is C24H28ClN3O3S. The van der Waals surface area contributed by atoms with Crippen molar-refractivity contribution in [2.75, 3.05) is 30.3 Å². The standard InChI is InChI=1S/C24H27N3O3S.ClH/c28-21-10-12-23(13-11-21)30-17-22(29)16-25-15-14-18-6-8-20(9-7-18)27-24(31)26-19-4-2-1-3-5-19;/h1-13,22,25,28-29H,14-17H2,(H2,26,27,31);1H/t22-;/m0./s1. The Morgan fingerprint density at radius 1 is 0.875 bits per heavy atom. The number of halogens is 1. The van der Waals surface area contributed by atoms with E-state index >= 15 is 0 Å². The Balaban J connectivity index is 0.00000363. The van der Waals surface area contributed by atoms with Gasteiger partial charge in [0.05, 0.1) is 0 Å². The van der Waals surface area contributed by atoms with Gasteiger partial charge in [-0.25, -0.2) is 0 Å². The van der Waals surface area contributed by atoms with Crippen LogP contribution in [0.25, 0.3) is 0 Å². The molecule has 0 amide bonds. The molecule has 0 bridgehead atoms. The Morgan fingerprint density at radius 2 is 1.50 bits per heavy atom. The SMILES string of the molecule is Cl.Oc1ccc(OC[C@@H](O)CNCCc2ccc(NC(=S)Nc3ccccc3)cc2)cc1. The number of aliphatic hydroxyl groups excluding tert-OH is 1. The number of thiocarbonyl (C=S) groups is 1. The van der Waals surface area contributed by atoms with E-state index in [1.54, 1.807) is 24.3 Å². The second-order valence-electron chi connectivity index (χ2n) is 7.05. The molecule has 0 fully saturated rings. The van der Waals surface area contributed by atoms with Crippen molar-refractivity contribution in [1.82, 2.24) is 5.32 Å². The zero-order valence-corrected chi connectivity index (χ0v) is 19.2. The molecule has 0 saturated carbocycles. The van der Waals surface area contributed by atoms with Crippen LogP contribution in [-0.4, -0.2) is 41.1 Å². The van der Waals surface area contributed by atoms with E-state index in [2.05, 4.69) is 28.1 Å². The van der Waals surface area contributed by atoms with E-state index in [0.717, 1.165) is 24.3 Å². The van der Waals surface area contributed by atoms with E-state index in [4.69, 9.17) is 17.0 Å². The number of phenols is 1. The molecule has 0 aromatic heterocycles. The molecule has 0 unspecified atom stereocenters. The first-order chi connectivity index (χ1) is 15.1. The van der Waals surface area contributed by atoms with Gasteiger partial charge in [-0.3, -0.25) is 0 Å². The lowest BCUT2D eigenvalue weighted by Gasteiger charge is -2.14. The van der Waals surface area contributed by atoms with Gasteiger partial charge < -0.3 is 30.9 Å². The number of hydrogen-bond donors (Lipinski definition) is 5. The second kappa shape index (κ2) is 13.5. The third-order valence-electron chi connectivity index (χ3n) is 4.49. The topological polar surface area (TPSA) is 85.8 Å². The molecule has 3 aromatic rings. The number of phenolic OH excluding ortho intramolecular Hbond substituents is 1. The predicted octanol–water partition coefficient (Wildman–Crippen LogP) is 4.19. The number of aromatic hydroxyl groups is 1. The maximum Gasteiger partial charge on any atom is 0.175 e. The van der Waals surface area contributed by atoms with Gasteiger partial charge in [0.15, 0.2) is 5.11 Å². The van der Waals surface area contributed by atoms with Crippen LogP contribution in [0.3, 0.4) is 0 Å². The first-order valence-electron chi connectivity index (χ1n) is 10.1. The lowest BCUT2D eigenvalue weighted by Crippen LogP contribution is -2.32. The van der Waals surface area contributed by atoms with Crippen molar-refractivity contribution in [3.8, 4) is 11.5 Å². The van der Waals surface area contributed by atoms with E-state index in [1.807, 2.05) is 42.5 Å². The molecule has 0 spiro atoms. The number of para-hydroxylation sites is 1. The molecule has 32 heavy (non-hydrogen) atoms. The molecule has 0 saturated heterocycles. The molecular weight excluding hydrogens is 446 g/mol. The van der Waals surface area contributed by atoms with E-state index in [0.29, 0.717) is 17.4 Å². The quantitative estimate of drug-likeness (QED) is 0.223. The summed E-state index contributed by atoms with van der Waals surface area (Å²) in [7, 11) is 0. The fraction of sp³-hybridized carbons (Fsp3) is 0.208. The largest absolute Gasteiger partial charge is 0.508 e. The molecule has 0 aliphatic rings. The smallest absolute Gasteiger partial charge is 0.175 e. The third-order valence-corrected chi connectivity index (χ3v) is 4.70. The molecule has 0 aliphatic carbocycles. The highest BCUT2D eigenvalue weighted by atomic mass is 35.5. The summed E-state index contributed by atoms with van der Waals surface area (Å²) in [5.41, 5.74) is 3.06. The van der Waals surface area contributed by atoms with Gasteiger partial charge >= 0.3 is 0 Å². The van der Waals surface area contributed by atoms with Crippen LogP contribution in [0.15, 0.2) is 78.9 Å². The first-order valence-corrected chi connectivity index (χ1v) is 10.5. The molecule has 1 atom stereocenters. The normalized spacial score (nSPS) is 11.2. The van der Waals surface area contributed by atoms with Gasteiger partial charge in [0, 0.05) is 17.9 Å². The molecule has 3 aromatic carbocycles. The van der Waals surface area contributed by atoms with Gasteiger partial charge in [-0.15, -0.1) is 12.4 Å².